The lowest BCUT2D eigenvalue weighted by Crippen LogP contribution is -2.33. The Labute approximate surface area is 140 Å². The van der Waals surface area contributed by atoms with Crippen molar-refractivity contribution >= 4 is 17.7 Å². The van der Waals surface area contributed by atoms with Crippen LogP contribution in [0.3, 0.4) is 0 Å². The summed E-state index contributed by atoms with van der Waals surface area (Å²) in [5.41, 5.74) is 0.909. The van der Waals surface area contributed by atoms with Gasteiger partial charge in [-0.1, -0.05) is 0 Å². The number of hydrogen-bond acceptors (Lipinski definition) is 5. The van der Waals surface area contributed by atoms with Gasteiger partial charge in [-0.15, -0.1) is 0 Å². The van der Waals surface area contributed by atoms with Gasteiger partial charge in [-0.05, 0) is 31.5 Å². The number of amides is 3. The standard InChI is InChI=1S/C17H22N2O5/c1-3-18(8-9-20)15(21)12-5-6-13-14(11-12)17(23)19(16(13)22)7-4-10-24-2/h5-6,11,20H,3-4,7-10H2,1-2H3. The van der Waals surface area contributed by atoms with Crippen molar-refractivity contribution in [1.82, 2.24) is 9.80 Å². The minimum absolute atomic E-state index is 0.130. The van der Waals surface area contributed by atoms with Crippen LogP contribution in [0, 0.1) is 0 Å². The number of rotatable bonds is 8. The van der Waals surface area contributed by atoms with Gasteiger partial charge in [0.2, 0.25) is 0 Å². The van der Waals surface area contributed by atoms with Gasteiger partial charge in [0, 0.05) is 38.9 Å². The first-order valence-corrected chi connectivity index (χ1v) is 7.94. The molecule has 0 saturated heterocycles. The third-order valence-electron chi connectivity index (χ3n) is 3.99. The second-order valence-corrected chi connectivity index (χ2v) is 5.48. The van der Waals surface area contributed by atoms with Gasteiger partial charge in [-0.3, -0.25) is 19.3 Å². The van der Waals surface area contributed by atoms with E-state index in [0.717, 1.165) is 0 Å². The number of aliphatic hydroxyl groups excluding tert-OH is 1. The Morgan fingerprint density at radius 1 is 1.25 bits per heavy atom. The summed E-state index contributed by atoms with van der Waals surface area (Å²) in [6.45, 7) is 3.11. The van der Waals surface area contributed by atoms with E-state index in [-0.39, 0.29) is 43.0 Å². The maximum absolute atomic E-state index is 12.4. The molecule has 1 aromatic rings. The second-order valence-electron chi connectivity index (χ2n) is 5.48. The minimum Gasteiger partial charge on any atom is -0.395 e. The van der Waals surface area contributed by atoms with Gasteiger partial charge in [0.25, 0.3) is 17.7 Å². The first kappa shape index (κ1) is 18.1. The average molecular weight is 334 g/mol. The molecule has 0 bridgehead atoms. The van der Waals surface area contributed by atoms with E-state index in [1.165, 1.54) is 21.9 Å². The highest BCUT2D eigenvalue weighted by Gasteiger charge is 2.35. The maximum Gasteiger partial charge on any atom is 0.261 e. The van der Waals surface area contributed by atoms with Crippen molar-refractivity contribution in [3.05, 3.63) is 34.9 Å². The molecule has 0 aliphatic carbocycles. The Balaban J connectivity index is 2.22. The number of likely N-dealkylation sites (N-methyl/N-ethyl adjacent to an activating group) is 1. The van der Waals surface area contributed by atoms with Gasteiger partial charge in [-0.25, -0.2) is 0 Å². The topological polar surface area (TPSA) is 87.2 Å². The summed E-state index contributed by atoms with van der Waals surface area (Å²) in [6.07, 6.45) is 0.563. The van der Waals surface area contributed by atoms with E-state index in [2.05, 4.69) is 0 Å². The summed E-state index contributed by atoms with van der Waals surface area (Å²) >= 11 is 0. The number of aliphatic hydroxyl groups is 1. The first-order chi connectivity index (χ1) is 11.5. The van der Waals surface area contributed by atoms with Gasteiger partial charge < -0.3 is 14.7 Å². The van der Waals surface area contributed by atoms with Crippen LogP contribution in [0.2, 0.25) is 0 Å². The van der Waals surface area contributed by atoms with Crippen molar-refractivity contribution in [3.8, 4) is 0 Å². The van der Waals surface area contributed by atoms with Crippen molar-refractivity contribution in [2.75, 3.05) is 40.0 Å². The lowest BCUT2D eigenvalue weighted by atomic mass is 10.0. The van der Waals surface area contributed by atoms with Crippen LogP contribution in [0.5, 0.6) is 0 Å². The molecule has 7 nitrogen and oxygen atoms in total. The van der Waals surface area contributed by atoms with Crippen molar-refractivity contribution in [2.45, 2.75) is 13.3 Å². The fourth-order valence-electron chi connectivity index (χ4n) is 2.70. The zero-order valence-electron chi connectivity index (χ0n) is 13.9. The molecule has 0 fully saturated rings. The Morgan fingerprint density at radius 2 is 1.96 bits per heavy atom. The fraction of sp³-hybridized carbons (Fsp3) is 0.471. The highest BCUT2D eigenvalue weighted by Crippen LogP contribution is 2.24. The van der Waals surface area contributed by atoms with E-state index in [1.54, 1.807) is 13.2 Å². The minimum atomic E-state index is -0.383. The molecule has 2 rings (SSSR count). The molecule has 0 spiro atoms. The van der Waals surface area contributed by atoms with Crippen LogP contribution in [-0.4, -0.2) is 72.6 Å². The Morgan fingerprint density at radius 3 is 2.58 bits per heavy atom. The lowest BCUT2D eigenvalue weighted by Gasteiger charge is -2.19. The summed E-state index contributed by atoms with van der Waals surface area (Å²) in [5, 5.41) is 9.02. The van der Waals surface area contributed by atoms with Crippen molar-refractivity contribution < 1.29 is 24.2 Å². The third kappa shape index (κ3) is 3.47. The zero-order valence-corrected chi connectivity index (χ0v) is 13.9. The van der Waals surface area contributed by atoms with E-state index in [9.17, 15) is 14.4 Å². The second kappa shape index (κ2) is 8.03. The number of hydrogen-bond donors (Lipinski definition) is 1. The molecule has 1 heterocycles. The van der Waals surface area contributed by atoms with Crippen LogP contribution in [0.1, 0.15) is 44.4 Å². The number of carbonyl (C=O) groups is 3. The van der Waals surface area contributed by atoms with Gasteiger partial charge in [-0.2, -0.15) is 0 Å². The molecular weight excluding hydrogens is 312 g/mol. The van der Waals surface area contributed by atoms with Crippen LogP contribution in [0.4, 0.5) is 0 Å². The molecule has 24 heavy (non-hydrogen) atoms. The largest absolute Gasteiger partial charge is 0.395 e. The molecule has 1 aromatic carbocycles. The van der Waals surface area contributed by atoms with Crippen molar-refractivity contribution in [2.24, 2.45) is 0 Å². The predicted molar refractivity (Wildman–Crippen MR) is 87.0 cm³/mol. The number of nitrogens with zero attached hydrogens (tertiary/aromatic N) is 2. The molecule has 0 radical (unpaired) electrons. The van der Waals surface area contributed by atoms with Gasteiger partial charge in [0.15, 0.2) is 0 Å². The Bertz CT molecular complexity index is 644. The highest BCUT2D eigenvalue weighted by molar-refractivity contribution is 6.22. The number of fused-ring (bicyclic) bond motifs is 1. The predicted octanol–water partition coefficient (Wildman–Crippen LogP) is 0.774. The lowest BCUT2D eigenvalue weighted by molar-refractivity contribution is 0.0638. The quantitative estimate of drug-likeness (QED) is 0.560. The molecule has 1 aliphatic heterocycles. The molecule has 1 aliphatic rings. The Hall–Kier alpha value is -2.25. The summed E-state index contributed by atoms with van der Waals surface area (Å²) < 4.78 is 4.94. The van der Waals surface area contributed by atoms with Crippen LogP contribution in [0.25, 0.3) is 0 Å². The molecule has 7 heteroatoms. The summed E-state index contributed by atoms with van der Waals surface area (Å²) in [5.74, 6) is -0.994. The number of imide groups is 1. The molecule has 0 aromatic heterocycles. The van der Waals surface area contributed by atoms with E-state index < -0.39 is 0 Å². The molecule has 1 N–H and O–H groups in total. The normalized spacial score (nSPS) is 13.4. The number of benzene rings is 1. The number of carbonyl (C=O) groups excluding carboxylic acids is 3. The smallest absolute Gasteiger partial charge is 0.261 e. The number of ether oxygens (including phenoxy) is 1. The van der Waals surface area contributed by atoms with Crippen molar-refractivity contribution in [3.63, 3.8) is 0 Å². The Kier molecular flexibility index (Phi) is 6.05. The fourth-order valence-corrected chi connectivity index (χ4v) is 2.70. The SMILES string of the molecule is CCN(CCO)C(=O)c1ccc2c(c1)C(=O)N(CCCOC)C2=O. The molecule has 0 atom stereocenters. The van der Waals surface area contributed by atoms with Crippen molar-refractivity contribution in [1.29, 1.82) is 0 Å². The number of methoxy groups -OCH3 is 1. The van der Waals surface area contributed by atoms with Crippen LogP contribution >= 0.6 is 0 Å². The summed E-state index contributed by atoms with van der Waals surface area (Å²) in [4.78, 5) is 39.9. The van der Waals surface area contributed by atoms with E-state index >= 15 is 0 Å². The molecule has 0 saturated carbocycles. The summed E-state index contributed by atoms with van der Waals surface area (Å²) in [6, 6.07) is 4.53. The van der Waals surface area contributed by atoms with Crippen LogP contribution < -0.4 is 0 Å². The van der Waals surface area contributed by atoms with E-state index in [4.69, 9.17) is 9.84 Å². The van der Waals surface area contributed by atoms with Crippen LogP contribution in [0.15, 0.2) is 18.2 Å². The van der Waals surface area contributed by atoms with Crippen LogP contribution in [-0.2, 0) is 4.74 Å². The molecular formula is C17H22N2O5. The maximum atomic E-state index is 12.4. The van der Waals surface area contributed by atoms with Gasteiger partial charge in [0.1, 0.15) is 0 Å². The van der Waals surface area contributed by atoms with Gasteiger partial charge in [0.05, 0.1) is 17.7 Å². The first-order valence-electron chi connectivity index (χ1n) is 7.94. The van der Waals surface area contributed by atoms with Gasteiger partial charge >= 0.3 is 0 Å². The average Bonchev–Trinajstić information content (AvgIpc) is 2.83. The van der Waals surface area contributed by atoms with E-state index in [0.29, 0.717) is 30.7 Å². The highest BCUT2D eigenvalue weighted by atomic mass is 16.5. The molecule has 130 valence electrons. The molecule has 3 amide bonds. The summed E-state index contributed by atoms with van der Waals surface area (Å²) in [7, 11) is 1.56. The molecule has 0 unspecified atom stereocenters. The third-order valence-corrected chi connectivity index (χ3v) is 3.99. The monoisotopic (exact) mass is 334 g/mol. The zero-order chi connectivity index (χ0) is 17.7. The van der Waals surface area contributed by atoms with E-state index in [1.807, 2.05) is 6.92 Å².